The van der Waals surface area contributed by atoms with E-state index in [1.807, 2.05) is 7.05 Å². The fraction of sp³-hybridized carbons (Fsp3) is 0.857. The normalized spacial score (nSPS) is 23.2. The van der Waals surface area contributed by atoms with Gasteiger partial charge in [0.15, 0.2) is 0 Å². The molecule has 0 aromatic heterocycles. The molecule has 5 nitrogen and oxygen atoms in total. The number of hydrogen-bond donors (Lipinski definition) is 2. The van der Waals surface area contributed by atoms with Gasteiger partial charge in [-0.2, -0.15) is 0 Å². The Labute approximate surface area is 116 Å². The highest BCUT2D eigenvalue weighted by Gasteiger charge is 2.22. The average molecular weight is 269 g/mol. The van der Waals surface area contributed by atoms with E-state index in [1.54, 1.807) is 0 Å². The SMILES string of the molecule is CC(=O)NCCNC(=O)CN(C)C1CCC(C)CC1. The van der Waals surface area contributed by atoms with Crippen LogP contribution in [0.15, 0.2) is 0 Å². The second-order valence-corrected chi connectivity index (χ2v) is 5.66. The number of carbonyl (C=O) groups is 2. The summed E-state index contributed by atoms with van der Waals surface area (Å²) in [6.07, 6.45) is 4.91. The van der Waals surface area contributed by atoms with E-state index >= 15 is 0 Å². The molecule has 19 heavy (non-hydrogen) atoms. The van der Waals surface area contributed by atoms with Gasteiger partial charge in [0.1, 0.15) is 0 Å². The summed E-state index contributed by atoms with van der Waals surface area (Å²) in [6, 6.07) is 0.539. The molecule has 0 unspecified atom stereocenters. The van der Waals surface area contributed by atoms with Gasteiger partial charge in [-0.3, -0.25) is 14.5 Å². The van der Waals surface area contributed by atoms with Crippen molar-refractivity contribution in [1.82, 2.24) is 15.5 Å². The maximum absolute atomic E-state index is 11.7. The predicted molar refractivity (Wildman–Crippen MR) is 75.7 cm³/mol. The molecule has 5 heteroatoms. The van der Waals surface area contributed by atoms with Crippen molar-refractivity contribution in [1.29, 1.82) is 0 Å². The molecule has 1 fully saturated rings. The van der Waals surface area contributed by atoms with Crippen LogP contribution in [0.3, 0.4) is 0 Å². The van der Waals surface area contributed by atoms with Gasteiger partial charge in [0, 0.05) is 26.1 Å². The molecule has 0 spiro atoms. The molecule has 1 aliphatic rings. The predicted octanol–water partition coefficient (Wildman–Crippen LogP) is 0.749. The van der Waals surface area contributed by atoms with Crippen molar-refractivity contribution < 1.29 is 9.59 Å². The number of likely N-dealkylation sites (N-methyl/N-ethyl adjacent to an activating group) is 1. The summed E-state index contributed by atoms with van der Waals surface area (Å²) in [5.74, 6) is 0.797. The first kappa shape index (κ1) is 16.0. The lowest BCUT2D eigenvalue weighted by Gasteiger charge is -2.33. The van der Waals surface area contributed by atoms with Gasteiger partial charge in [-0.15, -0.1) is 0 Å². The molecule has 2 amide bonds. The zero-order chi connectivity index (χ0) is 14.3. The molecule has 110 valence electrons. The summed E-state index contributed by atoms with van der Waals surface area (Å²) in [7, 11) is 2.02. The van der Waals surface area contributed by atoms with E-state index in [0.717, 1.165) is 5.92 Å². The van der Waals surface area contributed by atoms with E-state index in [9.17, 15) is 9.59 Å². The third kappa shape index (κ3) is 6.57. The van der Waals surface area contributed by atoms with Crippen molar-refractivity contribution in [2.45, 2.75) is 45.6 Å². The third-order valence-corrected chi connectivity index (χ3v) is 3.82. The minimum Gasteiger partial charge on any atom is -0.355 e. The Kier molecular flexibility index (Phi) is 6.84. The number of rotatable bonds is 6. The smallest absolute Gasteiger partial charge is 0.234 e. The van der Waals surface area contributed by atoms with Crippen molar-refractivity contribution in [3.05, 3.63) is 0 Å². The first-order valence-electron chi connectivity index (χ1n) is 7.20. The summed E-state index contributed by atoms with van der Waals surface area (Å²) in [4.78, 5) is 24.6. The summed E-state index contributed by atoms with van der Waals surface area (Å²) < 4.78 is 0. The van der Waals surface area contributed by atoms with E-state index in [0.29, 0.717) is 25.7 Å². The molecule has 2 N–H and O–H groups in total. The number of hydrogen-bond acceptors (Lipinski definition) is 3. The molecule has 0 atom stereocenters. The van der Waals surface area contributed by atoms with Crippen molar-refractivity contribution in [3.8, 4) is 0 Å². The van der Waals surface area contributed by atoms with Gasteiger partial charge in [0.2, 0.25) is 11.8 Å². The van der Waals surface area contributed by atoms with Gasteiger partial charge < -0.3 is 10.6 Å². The minimum atomic E-state index is -0.0670. The molecule has 1 rings (SSSR count). The highest BCUT2D eigenvalue weighted by atomic mass is 16.2. The van der Waals surface area contributed by atoms with Crippen molar-refractivity contribution >= 4 is 11.8 Å². The van der Waals surface area contributed by atoms with E-state index in [4.69, 9.17) is 0 Å². The Morgan fingerprint density at radius 1 is 1.11 bits per heavy atom. The summed E-state index contributed by atoms with van der Waals surface area (Å²) in [5, 5.41) is 5.48. The topological polar surface area (TPSA) is 61.4 Å². The van der Waals surface area contributed by atoms with Crippen molar-refractivity contribution in [3.63, 3.8) is 0 Å². The lowest BCUT2D eigenvalue weighted by Crippen LogP contribution is -2.43. The van der Waals surface area contributed by atoms with Crippen LogP contribution in [-0.2, 0) is 9.59 Å². The van der Waals surface area contributed by atoms with Gasteiger partial charge in [-0.05, 0) is 38.6 Å². The number of nitrogens with zero attached hydrogens (tertiary/aromatic N) is 1. The Bertz CT molecular complexity index is 299. The molecule has 0 heterocycles. The van der Waals surface area contributed by atoms with Crippen LogP contribution >= 0.6 is 0 Å². The van der Waals surface area contributed by atoms with Crippen LogP contribution in [0, 0.1) is 5.92 Å². The molecule has 0 aromatic rings. The summed E-state index contributed by atoms with van der Waals surface area (Å²) >= 11 is 0. The molecule has 0 radical (unpaired) electrons. The standard InChI is InChI=1S/C14H27N3O2/c1-11-4-6-13(7-5-11)17(3)10-14(19)16-9-8-15-12(2)18/h11,13H,4-10H2,1-3H3,(H,15,18)(H,16,19). The van der Waals surface area contributed by atoms with Gasteiger partial charge in [-0.25, -0.2) is 0 Å². The van der Waals surface area contributed by atoms with Gasteiger partial charge in [0.25, 0.3) is 0 Å². The lowest BCUT2D eigenvalue weighted by atomic mass is 9.87. The maximum atomic E-state index is 11.7. The molecule has 0 aliphatic heterocycles. The maximum Gasteiger partial charge on any atom is 0.234 e. The second kappa shape index (κ2) is 8.15. The summed E-state index contributed by atoms with van der Waals surface area (Å²) in [6.45, 7) is 5.20. The highest BCUT2D eigenvalue weighted by Crippen LogP contribution is 2.26. The van der Waals surface area contributed by atoms with Crippen LogP contribution in [0.25, 0.3) is 0 Å². The van der Waals surface area contributed by atoms with E-state index in [1.165, 1.54) is 32.6 Å². The molecule has 0 aromatic carbocycles. The molecular formula is C14H27N3O2. The lowest BCUT2D eigenvalue weighted by molar-refractivity contribution is -0.123. The van der Waals surface area contributed by atoms with Gasteiger partial charge in [-0.1, -0.05) is 6.92 Å². The number of nitrogens with one attached hydrogen (secondary N) is 2. The largest absolute Gasteiger partial charge is 0.355 e. The van der Waals surface area contributed by atoms with Crippen LogP contribution < -0.4 is 10.6 Å². The van der Waals surface area contributed by atoms with Crippen LogP contribution in [0.2, 0.25) is 0 Å². The first-order valence-corrected chi connectivity index (χ1v) is 7.20. The Hall–Kier alpha value is -1.10. The molecule has 0 bridgehead atoms. The molecular weight excluding hydrogens is 242 g/mol. The van der Waals surface area contributed by atoms with Gasteiger partial charge >= 0.3 is 0 Å². The number of amides is 2. The third-order valence-electron chi connectivity index (χ3n) is 3.82. The van der Waals surface area contributed by atoms with E-state index in [2.05, 4.69) is 22.5 Å². The fourth-order valence-corrected chi connectivity index (χ4v) is 2.54. The van der Waals surface area contributed by atoms with Crippen LogP contribution in [0.5, 0.6) is 0 Å². The molecule has 1 saturated carbocycles. The Morgan fingerprint density at radius 3 is 2.26 bits per heavy atom. The fourth-order valence-electron chi connectivity index (χ4n) is 2.54. The van der Waals surface area contributed by atoms with Crippen LogP contribution in [0.1, 0.15) is 39.5 Å². The summed E-state index contributed by atoms with van der Waals surface area (Å²) in [5.41, 5.74) is 0. The molecule has 0 saturated heterocycles. The van der Waals surface area contributed by atoms with Crippen molar-refractivity contribution in [2.24, 2.45) is 5.92 Å². The zero-order valence-electron chi connectivity index (χ0n) is 12.4. The van der Waals surface area contributed by atoms with E-state index in [-0.39, 0.29) is 11.8 Å². The highest BCUT2D eigenvalue weighted by molar-refractivity contribution is 5.78. The van der Waals surface area contributed by atoms with Gasteiger partial charge in [0.05, 0.1) is 6.54 Å². The molecule has 1 aliphatic carbocycles. The monoisotopic (exact) mass is 269 g/mol. The average Bonchev–Trinajstić information content (AvgIpc) is 2.35. The Balaban J connectivity index is 2.15. The van der Waals surface area contributed by atoms with Crippen LogP contribution in [0.4, 0.5) is 0 Å². The quantitative estimate of drug-likeness (QED) is 0.700. The minimum absolute atomic E-state index is 0.0338. The van der Waals surface area contributed by atoms with Crippen LogP contribution in [-0.4, -0.2) is 49.4 Å². The van der Waals surface area contributed by atoms with E-state index < -0.39 is 0 Å². The number of carbonyl (C=O) groups excluding carboxylic acids is 2. The Morgan fingerprint density at radius 2 is 1.68 bits per heavy atom. The first-order chi connectivity index (χ1) is 8.99. The second-order valence-electron chi connectivity index (χ2n) is 5.66. The van der Waals surface area contributed by atoms with Crippen molar-refractivity contribution in [2.75, 3.05) is 26.7 Å². The zero-order valence-corrected chi connectivity index (χ0v) is 12.4.